The van der Waals surface area contributed by atoms with Gasteiger partial charge in [0.2, 0.25) is 0 Å². The first kappa shape index (κ1) is 16.3. The van der Waals surface area contributed by atoms with E-state index in [9.17, 15) is 4.39 Å². The largest absolute Gasteiger partial charge is 0.309 e. The van der Waals surface area contributed by atoms with Crippen molar-refractivity contribution in [3.63, 3.8) is 0 Å². The van der Waals surface area contributed by atoms with Gasteiger partial charge < -0.3 is 5.32 Å². The first-order valence-corrected chi connectivity index (χ1v) is 8.42. The normalized spacial score (nSPS) is 12.3. The molecule has 0 saturated heterocycles. The third-order valence-corrected chi connectivity index (χ3v) is 4.48. The molecule has 1 unspecified atom stereocenters. The fourth-order valence-electron chi connectivity index (χ4n) is 2.03. The summed E-state index contributed by atoms with van der Waals surface area (Å²) in [6.45, 7) is 3.05. The molecule has 0 radical (unpaired) electrons. The molecule has 0 fully saturated rings. The van der Waals surface area contributed by atoms with E-state index in [-0.39, 0.29) is 11.9 Å². The Morgan fingerprint density at radius 3 is 2.62 bits per heavy atom. The summed E-state index contributed by atoms with van der Waals surface area (Å²) in [5.41, 5.74) is 0.991. The lowest BCUT2D eigenvalue weighted by molar-refractivity contribution is 0.568. The minimum atomic E-state index is -0.188. The zero-order chi connectivity index (χ0) is 15.1. The van der Waals surface area contributed by atoms with Gasteiger partial charge in [-0.25, -0.2) is 4.39 Å². The van der Waals surface area contributed by atoms with Crippen molar-refractivity contribution < 1.29 is 4.39 Å². The van der Waals surface area contributed by atoms with Gasteiger partial charge in [-0.1, -0.05) is 30.7 Å². The third-order valence-electron chi connectivity index (χ3n) is 3.12. The molecule has 1 nitrogen and oxygen atoms in total. The van der Waals surface area contributed by atoms with Crippen molar-refractivity contribution in [1.82, 2.24) is 5.32 Å². The molecule has 2 aromatic carbocycles. The summed E-state index contributed by atoms with van der Waals surface area (Å²) >= 11 is 7.64. The van der Waals surface area contributed by atoms with Crippen LogP contribution < -0.4 is 5.32 Å². The van der Waals surface area contributed by atoms with Gasteiger partial charge in [0.05, 0.1) is 0 Å². The maximum Gasteiger partial charge on any atom is 0.123 e. The summed E-state index contributed by atoms with van der Waals surface area (Å²) in [5.74, 6) is 0.665. The van der Waals surface area contributed by atoms with E-state index in [0.29, 0.717) is 0 Å². The predicted molar refractivity (Wildman–Crippen MR) is 89.6 cm³/mol. The van der Waals surface area contributed by atoms with Gasteiger partial charge in [-0.2, -0.15) is 0 Å². The van der Waals surface area contributed by atoms with Crippen LogP contribution in [0.1, 0.15) is 24.9 Å². The Morgan fingerprint density at radius 2 is 1.95 bits per heavy atom. The summed E-state index contributed by atoms with van der Waals surface area (Å²) in [5, 5.41) is 4.22. The Labute approximate surface area is 134 Å². The highest BCUT2D eigenvalue weighted by Crippen LogP contribution is 2.26. The van der Waals surface area contributed by atoms with E-state index in [1.54, 1.807) is 23.9 Å². The zero-order valence-electron chi connectivity index (χ0n) is 12.0. The van der Waals surface area contributed by atoms with E-state index in [1.165, 1.54) is 11.0 Å². The number of thioether (sulfide) groups is 1. The van der Waals surface area contributed by atoms with Gasteiger partial charge in [0.15, 0.2) is 0 Å². The summed E-state index contributed by atoms with van der Waals surface area (Å²) in [6.07, 6.45) is 1.05. The molecule has 2 rings (SSSR count). The molecule has 2 aromatic rings. The molecule has 0 aliphatic heterocycles. The fourth-order valence-corrected chi connectivity index (χ4v) is 3.15. The molecule has 112 valence electrons. The Bertz CT molecular complexity index is 559. The highest BCUT2D eigenvalue weighted by atomic mass is 35.5. The van der Waals surface area contributed by atoms with Crippen molar-refractivity contribution in [3.05, 3.63) is 64.9 Å². The van der Waals surface area contributed by atoms with Gasteiger partial charge in [0, 0.05) is 21.7 Å². The molecule has 0 aromatic heterocycles. The van der Waals surface area contributed by atoms with E-state index in [4.69, 9.17) is 11.6 Å². The van der Waals surface area contributed by atoms with E-state index >= 15 is 0 Å². The molecule has 0 aliphatic carbocycles. The molecular formula is C17H19ClFNS. The van der Waals surface area contributed by atoms with Gasteiger partial charge in [-0.15, -0.1) is 11.8 Å². The Balaban J connectivity index is 2.04. The van der Waals surface area contributed by atoms with Crippen LogP contribution in [0.2, 0.25) is 5.02 Å². The lowest BCUT2D eigenvalue weighted by Crippen LogP contribution is -2.24. The van der Waals surface area contributed by atoms with Crippen molar-refractivity contribution in [1.29, 1.82) is 0 Å². The van der Waals surface area contributed by atoms with Gasteiger partial charge in [-0.3, -0.25) is 0 Å². The van der Waals surface area contributed by atoms with Crippen LogP contribution in [0.5, 0.6) is 0 Å². The summed E-state index contributed by atoms with van der Waals surface area (Å²) < 4.78 is 13.4. The summed E-state index contributed by atoms with van der Waals surface area (Å²) in [4.78, 5) is 1.17. The van der Waals surface area contributed by atoms with Crippen molar-refractivity contribution in [2.75, 3.05) is 12.3 Å². The first-order chi connectivity index (χ1) is 10.2. The standard InChI is InChI=1S/C17H19ClFNS/c1-2-10-20-17(13-4-3-5-15(19)11-13)12-21-16-8-6-14(18)7-9-16/h3-9,11,17,20H,2,10,12H2,1H3. The van der Waals surface area contributed by atoms with Gasteiger partial charge in [0.25, 0.3) is 0 Å². The molecule has 4 heteroatoms. The van der Waals surface area contributed by atoms with Crippen LogP contribution in [-0.4, -0.2) is 12.3 Å². The maximum absolute atomic E-state index is 13.4. The summed E-state index contributed by atoms with van der Waals surface area (Å²) in [7, 11) is 0. The average molecular weight is 324 g/mol. The van der Waals surface area contributed by atoms with Gasteiger partial charge in [0.1, 0.15) is 5.82 Å². The number of rotatable bonds is 7. The van der Waals surface area contributed by atoms with Crippen molar-refractivity contribution in [3.8, 4) is 0 Å². The van der Waals surface area contributed by atoms with Crippen LogP contribution in [0, 0.1) is 5.82 Å². The van der Waals surface area contributed by atoms with Gasteiger partial charge in [-0.05, 0) is 54.9 Å². The highest BCUT2D eigenvalue weighted by Gasteiger charge is 2.12. The summed E-state index contributed by atoms with van der Waals surface area (Å²) in [6, 6.07) is 14.8. The quantitative estimate of drug-likeness (QED) is 0.693. The number of nitrogens with one attached hydrogen (secondary N) is 1. The lowest BCUT2D eigenvalue weighted by Gasteiger charge is -2.19. The molecule has 21 heavy (non-hydrogen) atoms. The number of hydrogen-bond donors (Lipinski definition) is 1. The Morgan fingerprint density at radius 1 is 1.19 bits per heavy atom. The molecular weight excluding hydrogens is 305 g/mol. The topological polar surface area (TPSA) is 12.0 Å². The smallest absolute Gasteiger partial charge is 0.123 e. The first-order valence-electron chi connectivity index (χ1n) is 7.06. The monoisotopic (exact) mass is 323 g/mol. The average Bonchev–Trinajstić information content (AvgIpc) is 2.49. The molecule has 1 N–H and O–H groups in total. The van der Waals surface area contributed by atoms with Crippen LogP contribution in [0.4, 0.5) is 4.39 Å². The fraction of sp³-hybridized carbons (Fsp3) is 0.294. The van der Waals surface area contributed by atoms with E-state index in [1.807, 2.05) is 30.3 Å². The van der Waals surface area contributed by atoms with Crippen LogP contribution in [-0.2, 0) is 0 Å². The number of hydrogen-bond acceptors (Lipinski definition) is 2. The van der Waals surface area contributed by atoms with Gasteiger partial charge >= 0.3 is 0 Å². The van der Waals surface area contributed by atoms with Crippen LogP contribution in [0.15, 0.2) is 53.4 Å². The molecule has 0 amide bonds. The molecule has 1 atom stereocenters. The van der Waals surface area contributed by atoms with Crippen LogP contribution >= 0.6 is 23.4 Å². The minimum Gasteiger partial charge on any atom is -0.309 e. The van der Waals surface area contributed by atoms with Crippen molar-refractivity contribution >= 4 is 23.4 Å². The molecule has 0 saturated carbocycles. The Kier molecular flexibility index (Phi) is 6.55. The van der Waals surface area contributed by atoms with E-state index < -0.39 is 0 Å². The second-order valence-electron chi connectivity index (χ2n) is 4.83. The Hall–Kier alpha value is -1.03. The number of benzene rings is 2. The van der Waals surface area contributed by atoms with Crippen LogP contribution in [0.3, 0.4) is 0 Å². The lowest BCUT2D eigenvalue weighted by atomic mass is 10.1. The highest BCUT2D eigenvalue weighted by molar-refractivity contribution is 7.99. The molecule has 0 bridgehead atoms. The second kappa shape index (κ2) is 8.42. The molecule has 0 heterocycles. The zero-order valence-corrected chi connectivity index (χ0v) is 13.6. The second-order valence-corrected chi connectivity index (χ2v) is 6.36. The van der Waals surface area contributed by atoms with E-state index in [0.717, 1.165) is 29.3 Å². The van der Waals surface area contributed by atoms with Crippen molar-refractivity contribution in [2.45, 2.75) is 24.3 Å². The third kappa shape index (κ3) is 5.34. The van der Waals surface area contributed by atoms with E-state index in [2.05, 4.69) is 12.2 Å². The predicted octanol–water partition coefficient (Wildman–Crippen LogP) is 5.31. The SMILES string of the molecule is CCCNC(CSc1ccc(Cl)cc1)c1cccc(F)c1. The van der Waals surface area contributed by atoms with Crippen molar-refractivity contribution in [2.24, 2.45) is 0 Å². The molecule has 0 aliphatic rings. The molecule has 0 spiro atoms. The minimum absolute atomic E-state index is 0.140. The van der Waals surface area contributed by atoms with Crippen LogP contribution in [0.25, 0.3) is 0 Å². The number of halogens is 2. The maximum atomic E-state index is 13.4.